The van der Waals surface area contributed by atoms with Crippen molar-refractivity contribution >= 4 is 0 Å². The van der Waals surface area contributed by atoms with Gasteiger partial charge in [0.15, 0.2) is 0 Å². The summed E-state index contributed by atoms with van der Waals surface area (Å²) in [5, 5.41) is 12.2. The number of hydrogen-bond acceptors (Lipinski definition) is 4. The summed E-state index contributed by atoms with van der Waals surface area (Å²) in [5.74, 6) is 0.825. The molecule has 1 rings (SSSR count). The van der Waals surface area contributed by atoms with Crippen LogP contribution in [-0.4, -0.2) is 62.0 Å². The molecule has 0 saturated carbocycles. The third-order valence-corrected chi connectivity index (χ3v) is 3.95. The Hall–Kier alpha value is -0.160. The van der Waals surface area contributed by atoms with Crippen LogP contribution in [0.3, 0.4) is 0 Å². The van der Waals surface area contributed by atoms with Crippen molar-refractivity contribution in [2.45, 2.75) is 39.2 Å². The second kappa shape index (κ2) is 9.73. The van der Waals surface area contributed by atoms with Gasteiger partial charge >= 0.3 is 0 Å². The molecule has 0 spiro atoms. The van der Waals surface area contributed by atoms with Crippen molar-refractivity contribution in [3.05, 3.63) is 0 Å². The van der Waals surface area contributed by atoms with Crippen LogP contribution in [0.2, 0.25) is 0 Å². The molecule has 108 valence electrons. The van der Waals surface area contributed by atoms with Gasteiger partial charge in [0.25, 0.3) is 0 Å². The van der Waals surface area contributed by atoms with Crippen molar-refractivity contribution in [1.82, 2.24) is 10.2 Å². The third kappa shape index (κ3) is 6.14. The zero-order valence-corrected chi connectivity index (χ0v) is 12.0. The van der Waals surface area contributed by atoms with Crippen LogP contribution in [-0.2, 0) is 4.74 Å². The first-order valence-electron chi connectivity index (χ1n) is 7.42. The molecule has 0 aromatic heterocycles. The van der Waals surface area contributed by atoms with Crippen LogP contribution < -0.4 is 5.32 Å². The molecule has 1 fully saturated rings. The summed E-state index contributed by atoms with van der Waals surface area (Å²) in [6, 6.07) is 0.613. The van der Waals surface area contributed by atoms with Gasteiger partial charge in [-0.3, -0.25) is 0 Å². The van der Waals surface area contributed by atoms with Crippen molar-refractivity contribution in [2.75, 3.05) is 46.0 Å². The molecule has 4 heteroatoms. The van der Waals surface area contributed by atoms with Gasteiger partial charge < -0.3 is 20.1 Å². The zero-order chi connectivity index (χ0) is 13.2. The molecular weight excluding hydrogens is 228 g/mol. The Labute approximate surface area is 112 Å². The lowest BCUT2D eigenvalue weighted by Gasteiger charge is -2.34. The quantitative estimate of drug-likeness (QED) is 0.608. The molecule has 0 aromatic rings. The molecule has 1 heterocycles. The Morgan fingerprint density at radius 1 is 1.33 bits per heavy atom. The Morgan fingerprint density at radius 3 is 2.67 bits per heavy atom. The van der Waals surface area contributed by atoms with Crippen LogP contribution in [0.5, 0.6) is 0 Å². The van der Waals surface area contributed by atoms with Gasteiger partial charge in [-0.15, -0.1) is 0 Å². The van der Waals surface area contributed by atoms with E-state index in [2.05, 4.69) is 24.1 Å². The van der Waals surface area contributed by atoms with Crippen LogP contribution in [0.4, 0.5) is 0 Å². The zero-order valence-electron chi connectivity index (χ0n) is 12.0. The lowest BCUT2D eigenvalue weighted by molar-refractivity contribution is 0.0896. The van der Waals surface area contributed by atoms with Crippen molar-refractivity contribution in [2.24, 2.45) is 5.92 Å². The molecule has 18 heavy (non-hydrogen) atoms. The Balaban J connectivity index is 2.01. The van der Waals surface area contributed by atoms with Gasteiger partial charge in [-0.2, -0.15) is 0 Å². The molecule has 4 nitrogen and oxygen atoms in total. The summed E-state index contributed by atoms with van der Waals surface area (Å²) in [4.78, 5) is 2.53. The van der Waals surface area contributed by atoms with Crippen LogP contribution in [0.15, 0.2) is 0 Å². The predicted molar refractivity (Wildman–Crippen MR) is 74.8 cm³/mol. The number of nitrogens with zero attached hydrogens (tertiary/aromatic N) is 1. The van der Waals surface area contributed by atoms with Crippen molar-refractivity contribution in [3.8, 4) is 0 Å². The Bertz CT molecular complexity index is 194. The fourth-order valence-corrected chi connectivity index (χ4v) is 2.61. The Kier molecular flexibility index (Phi) is 8.59. The SMILES string of the molecule is CCN1CCC(C(C)NCCCOCCO)CC1. The molecule has 1 aliphatic heterocycles. The average Bonchev–Trinajstić information content (AvgIpc) is 2.42. The van der Waals surface area contributed by atoms with Gasteiger partial charge in [0.1, 0.15) is 0 Å². The number of hydrogen-bond donors (Lipinski definition) is 2. The van der Waals surface area contributed by atoms with E-state index in [1.807, 2.05) is 0 Å². The average molecular weight is 258 g/mol. The van der Waals surface area contributed by atoms with E-state index in [0.717, 1.165) is 25.5 Å². The number of ether oxygens (including phenoxy) is 1. The van der Waals surface area contributed by atoms with Gasteiger partial charge in [0, 0.05) is 12.6 Å². The molecular formula is C14H30N2O2. The highest BCUT2D eigenvalue weighted by Crippen LogP contribution is 2.20. The minimum Gasteiger partial charge on any atom is -0.394 e. The Morgan fingerprint density at radius 2 is 2.06 bits per heavy atom. The van der Waals surface area contributed by atoms with Gasteiger partial charge in [0.2, 0.25) is 0 Å². The maximum absolute atomic E-state index is 8.58. The minimum absolute atomic E-state index is 0.125. The van der Waals surface area contributed by atoms with E-state index in [1.165, 1.54) is 32.5 Å². The van der Waals surface area contributed by atoms with Crippen molar-refractivity contribution < 1.29 is 9.84 Å². The van der Waals surface area contributed by atoms with Gasteiger partial charge in [-0.25, -0.2) is 0 Å². The fourth-order valence-electron chi connectivity index (χ4n) is 2.61. The lowest BCUT2D eigenvalue weighted by Crippen LogP contribution is -2.42. The van der Waals surface area contributed by atoms with Gasteiger partial charge in [-0.05, 0) is 58.3 Å². The number of aliphatic hydroxyl groups is 1. The molecule has 2 N–H and O–H groups in total. The molecule has 1 atom stereocenters. The summed E-state index contributed by atoms with van der Waals surface area (Å²) in [6.07, 6.45) is 3.67. The number of rotatable bonds is 9. The van der Waals surface area contributed by atoms with Crippen molar-refractivity contribution in [3.63, 3.8) is 0 Å². The first-order chi connectivity index (χ1) is 8.77. The summed E-state index contributed by atoms with van der Waals surface area (Å²) >= 11 is 0. The molecule has 0 aromatic carbocycles. The normalized spacial score (nSPS) is 20.2. The standard InChI is InChI=1S/C14H30N2O2/c1-3-16-8-5-14(6-9-16)13(2)15-7-4-11-18-12-10-17/h13-15,17H,3-12H2,1-2H3. The second-order valence-corrected chi connectivity index (χ2v) is 5.20. The highest BCUT2D eigenvalue weighted by molar-refractivity contribution is 4.79. The minimum atomic E-state index is 0.125. The highest BCUT2D eigenvalue weighted by atomic mass is 16.5. The lowest BCUT2D eigenvalue weighted by atomic mass is 9.90. The number of nitrogens with one attached hydrogen (secondary N) is 1. The van der Waals surface area contributed by atoms with Crippen LogP contribution >= 0.6 is 0 Å². The summed E-state index contributed by atoms with van der Waals surface area (Å²) in [6.45, 7) is 10.6. The topological polar surface area (TPSA) is 44.7 Å². The molecule has 1 unspecified atom stereocenters. The molecule has 0 radical (unpaired) electrons. The summed E-state index contributed by atoms with van der Waals surface area (Å²) < 4.78 is 5.24. The van der Waals surface area contributed by atoms with E-state index >= 15 is 0 Å². The van der Waals surface area contributed by atoms with E-state index in [4.69, 9.17) is 9.84 Å². The van der Waals surface area contributed by atoms with Crippen LogP contribution in [0, 0.1) is 5.92 Å². The number of piperidine rings is 1. The van der Waals surface area contributed by atoms with Crippen LogP contribution in [0.25, 0.3) is 0 Å². The molecule has 0 amide bonds. The van der Waals surface area contributed by atoms with E-state index < -0.39 is 0 Å². The van der Waals surface area contributed by atoms with Crippen LogP contribution in [0.1, 0.15) is 33.1 Å². The summed E-state index contributed by atoms with van der Waals surface area (Å²) in [5.41, 5.74) is 0. The third-order valence-electron chi connectivity index (χ3n) is 3.95. The van der Waals surface area contributed by atoms with E-state index in [0.29, 0.717) is 12.6 Å². The predicted octanol–water partition coefficient (Wildman–Crippen LogP) is 1.10. The molecule has 0 bridgehead atoms. The molecule has 0 aliphatic carbocycles. The second-order valence-electron chi connectivity index (χ2n) is 5.20. The highest BCUT2D eigenvalue weighted by Gasteiger charge is 2.22. The maximum atomic E-state index is 8.58. The van der Waals surface area contributed by atoms with E-state index in [1.54, 1.807) is 0 Å². The van der Waals surface area contributed by atoms with E-state index in [-0.39, 0.29) is 6.61 Å². The van der Waals surface area contributed by atoms with Gasteiger partial charge in [-0.1, -0.05) is 6.92 Å². The molecule has 1 saturated heterocycles. The van der Waals surface area contributed by atoms with Gasteiger partial charge in [0.05, 0.1) is 13.2 Å². The maximum Gasteiger partial charge on any atom is 0.0697 e. The first-order valence-corrected chi connectivity index (χ1v) is 7.42. The number of likely N-dealkylation sites (tertiary alicyclic amines) is 1. The fraction of sp³-hybridized carbons (Fsp3) is 1.00. The number of aliphatic hydroxyl groups excluding tert-OH is 1. The largest absolute Gasteiger partial charge is 0.394 e. The monoisotopic (exact) mass is 258 g/mol. The van der Waals surface area contributed by atoms with Crippen molar-refractivity contribution in [1.29, 1.82) is 0 Å². The smallest absolute Gasteiger partial charge is 0.0697 e. The molecule has 1 aliphatic rings. The first kappa shape index (κ1) is 15.9. The van der Waals surface area contributed by atoms with E-state index in [9.17, 15) is 0 Å². The summed E-state index contributed by atoms with van der Waals surface area (Å²) in [7, 11) is 0.